The van der Waals surface area contributed by atoms with Crippen LogP contribution in [0.5, 0.6) is 0 Å². The van der Waals surface area contributed by atoms with Crippen LogP contribution in [0, 0.1) is 5.82 Å². The fraction of sp³-hybridized carbons (Fsp3) is 0.208. The van der Waals surface area contributed by atoms with Crippen LogP contribution in [0.15, 0.2) is 77.7 Å². The third kappa shape index (κ3) is 5.73. The number of nitrogens with one attached hydrogen (secondary N) is 1. The van der Waals surface area contributed by atoms with Gasteiger partial charge in [-0.1, -0.05) is 12.1 Å². The van der Waals surface area contributed by atoms with E-state index in [2.05, 4.69) is 4.72 Å². The molecule has 4 rings (SSSR count). The molecule has 1 N–H and O–H groups in total. The van der Waals surface area contributed by atoms with Gasteiger partial charge >= 0.3 is 6.18 Å². The normalized spacial score (nSPS) is 14.6. The fourth-order valence-corrected chi connectivity index (χ4v) is 4.87. The lowest BCUT2D eigenvalue weighted by Gasteiger charge is -2.36. The molecule has 0 bridgehead atoms. The minimum Gasteiger partial charge on any atom is -0.368 e. The van der Waals surface area contributed by atoms with E-state index >= 15 is 0 Å². The molecule has 6 nitrogen and oxygen atoms in total. The summed E-state index contributed by atoms with van der Waals surface area (Å²) in [5, 5.41) is 0. The number of hydrogen-bond donors (Lipinski definition) is 1. The van der Waals surface area contributed by atoms with Gasteiger partial charge in [-0.15, -0.1) is 0 Å². The lowest BCUT2D eigenvalue weighted by Crippen LogP contribution is -2.48. The number of benzene rings is 3. The number of halogens is 4. The van der Waals surface area contributed by atoms with Gasteiger partial charge < -0.3 is 9.80 Å². The Bertz CT molecular complexity index is 1320. The molecule has 35 heavy (non-hydrogen) atoms. The van der Waals surface area contributed by atoms with Gasteiger partial charge in [0.15, 0.2) is 0 Å². The maximum Gasteiger partial charge on any atom is 0.416 e. The predicted octanol–water partition coefficient (Wildman–Crippen LogP) is 4.61. The van der Waals surface area contributed by atoms with Crippen LogP contribution < -0.4 is 9.62 Å². The van der Waals surface area contributed by atoms with Crippen LogP contribution in [-0.2, 0) is 16.2 Å². The number of anilines is 2. The highest BCUT2D eigenvalue weighted by molar-refractivity contribution is 7.92. The third-order valence-corrected chi connectivity index (χ3v) is 6.97. The number of piperazine rings is 1. The monoisotopic (exact) mass is 507 g/mol. The van der Waals surface area contributed by atoms with Gasteiger partial charge in [-0.25, -0.2) is 12.8 Å². The predicted molar refractivity (Wildman–Crippen MR) is 123 cm³/mol. The van der Waals surface area contributed by atoms with Crippen LogP contribution in [-0.4, -0.2) is 45.4 Å². The minimum atomic E-state index is -4.62. The second-order valence-corrected chi connectivity index (χ2v) is 9.65. The van der Waals surface area contributed by atoms with Crippen LogP contribution in [0.2, 0.25) is 0 Å². The first-order valence-electron chi connectivity index (χ1n) is 10.6. The van der Waals surface area contributed by atoms with Gasteiger partial charge in [-0.3, -0.25) is 9.52 Å². The summed E-state index contributed by atoms with van der Waals surface area (Å²) >= 11 is 0. The molecule has 1 saturated heterocycles. The minimum absolute atomic E-state index is 0.146. The van der Waals surface area contributed by atoms with Crippen molar-refractivity contribution < 1.29 is 30.8 Å². The van der Waals surface area contributed by atoms with E-state index in [9.17, 15) is 30.8 Å². The molecule has 0 aliphatic carbocycles. The van der Waals surface area contributed by atoms with Gasteiger partial charge in [0.1, 0.15) is 5.82 Å². The molecule has 1 heterocycles. The third-order valence-electron chi connectivity index (χ3n) is 5.59. The Morgan fingerprint density at radius 2 is 1.51 bits per heavy atom. The molecule has 1 aliphatic rings. The maximum atomic E-state index is 13.1. The summed E-state index contributed by atoms with van der Waals surface area (Å²) in [6.45, 7) is 1.81. The van der Waals surface area contributed by atoms with Gasteiger partial charge in [-0.05, 0) is 60.7 Å². The first kappa shape index (κ1) is 24.5. The summed E-state index contributed by atoms with van der Waals surface area (Å²) in [4.78, 5) is 16.4. The molecule has 11 heteroatoms. The second kappa shape index (κ2) is 9.57. The molecular weight excluding hydrogens is 486 g/mol. The van der Waals surface area contributed by atoms with E-state index in [1.54, 1.807) is 17.0 Å². The van der Waals surface area contributed by atoms with E-state index in [1.807, 2.05) is 4.90 Å². The average molecular weight is 508 g/mol. The Labute approximate surface area is 199 Å². The lowest BCUT2D eigenvalue weighted by molar-refractivity contribution is -0.137. The number of carbonyl (C=O) groups is 1. The summed E-state index contributed by atoms with van der Waals surface area (Å²) in [5.74, 6) is -0.695. The van der Waals surface area contributed by atoms with Crippen LogP contribution in [0.4, 0.5) is 28.9 Å². The Morgan fingerprint density at radius 3 is 2.17 bits per heavy atom. The van der Waals surface area contributed by atoms with Crippen molar-refractivity contribution in [1.82, 2.24) is 4.90 Å². The molecule has 0 spiro atoms. The molecule has 184 valence electrons. The van der Waals surface area contributed by atoms with Gasteiger partial charge in [0.2, 0.25) is 0 Å². The Hall–Kier alpha value is -3.60. The van der Waals surface area contributed by atoms with Crippen molar-refractivity contribution in [1.29, 1.82) is 0 Å². The largest absolute Gasteiger partial charge is 0.416 e. The number of rotatable bonds is 5. The molecule has 3 aromatic rings. The summed E-state index contributed by atoms with van der Waals surface area (Å²) in [5.41, 5.74) is -0.241. The highest BCUT2D eigenvalue weighted by Crippen LogP contribution is 2.31. The highest BCUT2D eigenvalue weighted by Gasteiger charge is 2.31. The van der Waals surface area contributed by atoms with E-state index in [0.29, 0.717) is 32.2 Å². The van der Waals surface area contributed by atoms with Gasteiger partial charge in [-0.2, -0.15) is 13.2 Å². The summed E-state index contributed by atoms with van der Waals surface area (Å²) in [6, 6.07) is 15.3. The zero-order chi connectivity index (χ0) is 25.2. The molecule has 0 saturated carbocycles. The fourth-order valence-electron chi connectivity index (χ4n) is 3.77. The lowest BCUT2D eigenvalue weighted by atomic mass is 10.1. The number of carbonyl (C=O) groups excluding carboxylic acids is 1. The zero-order valence-electron chi connectivity index (χ0n) is 18.3. The molecule has 1 fully saturated rings. The molecule has 0 atom stereocenters. The van der Waals surface area contributed by atoms with Crippen molar-refractivity contribution in [2.75, 3.05) is 35.8 Å². The number of hydrogen-bond acceptors (Lipinski definition) is 4. The average Bonchev–Trinajstić information content (AvgIpc) is 2.84. The van der Waals surface area contributed by atoms with Crippen LogP contribution in [0.1, 0.15) is 15.9 Å². The quantitative estimate of drug-likeness (QED) is 0.513. The van der Waals surface area contributed by atoms with E-state index < -0.39 is 21.8 Å². The van der Waals surface area contributed by atoms with Crippen LogP contribution in [0.25, 0.3) is 0 Å². The first-order chi connectivity index (χ1) is 16.5. The van der Waals surface area contributed by atoms with Crippen molar-refractivity contribution in [3.05, 3.63) is 89.7 Å². The first-order valence-corrected chi connectivity index (χ1v) is 12.1. The Morgan fingerprint density at radius 1 is 0.857 bits per heavy atom. The molecule has 0 unspecified atom stereocenters. The van der Waals surface area contributed by atoms with Crippen molar-refractivity contribution in [3.8, 4) is 0 Å². The SMILES string of the molecule is O=C(c1cccc(S(=O)(=O)Nc2cccc(C(F)(F)F)c2)c1)N1CCN(c2ccc(F)cc2)CC1. The zero-order valence-corrected chi connectivity index (χ0v) is 19.1. The van der Waals surface area contributed by atoms with Crippen LogP contribution in [0.3, 0.4) is 0 Å². The molecule has 3 aromatic carbocycles. The number of amides is 1. The Kier molecular flexibility index (Phi) is 6.70. The van der Waals surface area contributed by atoms with E-state index in [4.69, 9.17) is 0 Å². The smallest absolute Gasteiger partial charge is 0.368 e. The Balaban J connectivity index is 1.46. The van der Waals surface area contributed by atoms with Crippen molar-refractivity contribution >= 4 is 27.3 Å². The van der Waals surface area contributed by atoms with Gasteiger partial charge in [0.05, 0.1) is 10.5 Å². The number of nitrogens with zero attached hydrogens (tertiary/aromatic N) is 2. The number of sulfonamides is 1. The molecule has 1 aliphatic heterocycles. The second-order valence-electron chi connectivity index (χ2n) is 7.97. The highest BCUT2D eigenvalue weighted by atomic mass is 32.2. The van der Waals surface area contributed by atoms with Gasteiger partial charge in [0, 0.05) is 43.1 Å². The topological polar surface area (TPSA) is 69.7 Å². The van der Waals surface area contributed by atoms with Crippen molar-refractivity contribution in [3.63, 3.8) is 0 Å². The van der Waals surface area contributed by atoms with E-state index in [0.717, 1.165) is 17.8 Å². The van der Waals surface area contributed by atoms with E-state index in [-0.39, 0.29) is 27.9 Å². The standard InChI is InChI=1S/C24H21F4N3O3S/c25-19-7-9-21(10-8-19)30-11-13-31(14-12-30)23(32)17-3-1-6-22(15-17)35(33,34)29-20-5-2-4-18(16-20)24(26,27)28/h1-10,15-16,29H,11-14H2. The molecule has 1 amide bonds. The maximum absolute atomic E-state index is 13.1. The van der Waals surface area contributed by atoms with Crippen molar-refractivity contribution in [2.24, 2.45) is 0 Å². The molecule has 0 radical (unpaired) electrons. The molecular formula is C24H21F4N3O3S. The summed E-state index contributed by atoms with van der Waals surface area (Å²) < 4.78 is 79.7. The van der Waals surface area contributed by atoms with Crippen molar-refractivity contribution in [2.45, 2.75) is 11.1 Å². The molecule has 0 aromatic heterocycles. The van der Waals surface area contributed by atoms with E-state index in [1.165, 1.54) is 42.5 Å². The summed E-state index contributed by atoms with van der Waals surface area (Å²) in [7, 11) is -4.24. The van der Waals surface area contributed by atoms with Crippen LogP contribution >= 0.6 is 0 Å². The van der Waals surface area contributed by atoms with Gasteiger partial charge in [0.25, 0.3) is 15.9 Å². The summed E-state index contributed by atoms with van der Waals surface area (Å²) in [6.07, 6.45) is -4.62. The number of alkyl halides is 3.